The second-order valence-corrected chi connectivity index (χ2v) is 23.1. The predicted octanol–water partition coefficient (Wildman–Crippen LogP) is 24.0. The number of esters is 3. The van der Waals surface area contributed by atoms with Crippen LogP contribution in [0.5, 0.6) is 0 Å². The van der Waals surface area contributed by atoms with Crippen LogP contribution < -0.4 is 0 Å². The quantitative estimate of drug-likeness (QED) is 0.0261. The first-order valence-corrected chi connectivity index (χ1v) is 34.7. The standard InChI is InChI=1S/C75H130O6/c1-4-7-10-13-16-19-22-25-28-30-32-33-34-35-36-37-38-39-40-41-43-44-47-50-53-56-59-62-65-68-74(77)80-71-72(70-79-73(76)67-64-61-58-55-52-49-46-27-24-21-18-15-12-9-6-3)81-75(78)69-66-63-60-57-54-51-48-45-42-31-29-26-23-20-17-14-11-8-5-2/h7,10,16,19,25,27-28,32-33,35-36,38-39,41,43,46,72H,4-6,8-9,11-15,17-18,20-24,26,29-31,34,37,40,42,44-45,47-71H2,1-3H3/b10-7-,19-16-,28-25-,33-32-,36-35-,39-38-,43-41-,46-27-. The molecule has 466 valence electrons. The average molecular weight is 1130 g/mol. The van der Waals surface area contributed by atoms with Gasteiger partial charge in [-0.2, -0.15) is 0 Å². The van der Waals surface area contributed by atoms with Gasteiger partial charge in [0.05, 0.1) is 0 Å². The topological polar surface area (TPSA) is 78.9 Å². The summed E-state index contributed by atoms with van der Waals surface area (Å²) in [6, 6.07) is 0. The second kappa shape index (κ2) is 68.8. The lowest BCUT2D eigenvalue weighted by molar-refractivity contribution is -0.167. The van der Waals surface area contributed by atoms with E-state index in [1.807, 2.05) is 0 Å². The van der Waals surface area contributed by atoms with Gasteiger partial charge in [-0.15, -0.1) is 0 Å². The number of hydrogen-bond donors (Lipinski definition) is 0. The Labute approximate surface area is 502 Å². The molecule has 0 aliphatic rings. The average Bonchev–Trinajstić information content (AvgIpc) is 3.47. The third-order valence-corrected chi connectivity index (χ3v) is 15.1. The number of allylic oxidation sites excluding steroid dienone is 16. The van der Waals surface area contributed by atoms with E-state index in [1.54, 1.807) is 0 Å². The number of carbonyl (C=O) groups excluding carboxylic acids is 3. The van der Waals surface area contributed by atoms with E-state index in [-0.39, 0.29) is 31.1 Å². The number of hydrogen-bond acceptors (Lipinski definition) is 6. The van der Waals surface area contributed by atoms with Gasteiger partial charge in [0, 0.05) is 19.3 Å². The van der Waals surface area contributed by atoms with E-state index in [9.17, 15) is 14.4 Å². The molecule has 6 heteroatoms. The number of rotatable bonds is 63. The van der Waals surface area contributed by atoms with E-state index in [0.717, 1.165) is 116 Å². The van der Waals surface area contributed by atoms with Gasteiger partial charge in [-0.05, 0) is 103 Å². The van der Waals surface area contributed by atoms with Crippen molar-refractivity contribution >= 4 is 17.9 Å². The molecule has 0 aromatic heterocycles. The minimum atomic E-state index is -0.786. The van der Waals surface area contributed by atoms with Crippen molar-refractivity contribution in [2.45, 2.75) is 348 Å². The molecule has 0 aromatic rings. The maximum atomic E-state index is 12.9. The van der Waals surface area contributed by atoms with Crippen LogP contribution in [0.4, 0.5) is 0 Å². The van der Waals surface area contributed by atoms with E-state index in [0.29, 0.717) is 19.3 Å². The molecule has 0 aliphatic heterocycles. The predicted molar refractivity (Wildman–Crippen MR) is 353 cm³/mol. The summed E-state index contributed by atoms with van der Waals surface area (Å²) in [7, 11) is 0. The molecule has 0 N–H and O–H groups in total. The van der Waals surface area contributed by atoms with Crippen molar-refractivity contribution in [3.63, 3.8) is 0 Å². The molecule has 0 fully saturated rings. The SMILES string of the molecule is CC/C=C\C/C=C\C/C=C\C/C=C\C/C=C\C/C=C\C/C=C\CCCCCCCCCC(=O)OCC(COC(=O)CCCCCCC/C=C\CCCCCCCC)OC(=O)CCCCCCCCCCCCCCCCCCCCC. The molecular formula is C75H130O6. The highest BCUT2D eigenvalue weighted by Gasteiger charge is 2.19. The van der Waals surface area contributed by atoms with Gasteiger partial charge in [0.1, 0.15) is 13.2 Å². The molecule has 81 heavy (non-hydrogen) atoms. The Hall–Kier alpha value is -3.67. The van der Waals surface area contributed by atoms with Crippen molar-refractivity contribution in [2.24, 2.45) is 0 Å². The van der Waals surface area contributed by atoms with Gasteiger partial charge in [0.25, 0.3) is 0 Å². The van der Waals surface area contributed by atoms with Crippen LogP contribution in [0.25, 0.3) is 0 Å². The van der Waals surface area contributed by atoms with Crippen molar-refractivity contribution in [3.05, 3.63) is 97.2 Å². The van der Waals surface area contributed by atoms with Crippen molar-refractivity contribution in [3.8, 4) is 0 Å². The van der Waals surface area contributed by atoms with Crippen LogP contribution in [-0.2, 0) is 28.6 Å². The van der Waals surface area contributed by atoms with Crippen LogP contribution in [0.15, 0.2) is 97.2 Å². The molecule has 0 rings (SSSR count). The molecule has 0 amide bonds. The molecule has 0 radical (unpaired) electrons. The highest BCUT2D eigenvalue weighted by Crippen LogP contribution is 2.17. The van der Waals surface area contributed by atoms with Crippen LogP contribution in [0.1, 0.15) is 342 Å². The van der Waals surface area contributed by atoms with Crippen LogP contribution >= 0.6 is 0 Å². The first kappa shape index (κ1) is 77.3. The molecule has 1 unspecified atom stereocenters. The Morgan fingerprint density at radius 3 is 0.765 bits per heavy atom. The van der Waals surface area contributed by atoms with Crippen LogP contribution in [-0.4, -0.2) is 37.2 Å². The fraction of sp³-hybridized carbons (Fsp3) is 0.747. The van der Waals surface area contributed by atoms with E-state index < -0.39 is 6.10 Å². The molecule has 6 nitrogen and oxygen atoms in total. The van der Waals surface area contributed by atoms with E-state index in [1.165, 1.54) is 186 Å². The zero-order valence-corrected chi connectivity index (χ0v) is 53.5. The Morgan fingerprint density at radius 2 is 0.481 bits per heavy atom. The summed E-state index contributed by atoms with van der Waals surface area (Å²) in [6.07, 6.45) is 92.8. The van der Waals surface area contributed by atoms with Crippen LogP contribution in [0.3, 0.4) is 0 Å². The molecule has 0 saturated heterocycles. The Bertz CT molecular complexity index is 1580. The summed E-state index contributed by atoms with van der Waals surface area (Å²) < 4.78 is 17.0. The van der Waals surface area contributed by atoms with Crippen LogP contribution in [0.2, 0.25) is 0 Å². The molecule has 0 bridgehead atoms. The van der Waals surface area contributed by atoms with Crippen molar-refractivity contribution in [1.82, 2.24) is 0 Å². The lowest BCUT2D eigenvalue weighted by Crippen LogP contribution is -2.30. The number of ether oxygens (including phenoxy) is 3. The smallest absolute Gasteiger partial charge is 0.306 e. The zero-order valence-electron chi connectivity index (χ0n) is 53.5. The van der Waals surface area contributed by atoms with Gasteiger partial charge in [-0.1, -0.05) is 317 Å². The Morgan fingerprint density at radius 1 is 0.259 bits per heavy atom. The summed E-state index contributed by atoms with van der Waals surface area (Å²) in [5.74, 6) is -0.884. The highest BCUT2D eigenvalue weighted by atomic mass is 16.6. The van der Waals surface area contributed by atoms with Crippen LogP contribution in [0, 0.1) is 0 Å². The third-order valence-electron chi connectivity index (χ3n) is 15.1. The number of carbonyl (C=O) groups is 3. The fourth-order valence-corrected chi connectivity index (χ4v) is 9.89. The Balaban J connectivity index is 4.34. The third kappa shape index (κ3) is 67.0. The molecule has 0 aliphatic carbocycles. The molecule has 0 saturated carbocycles. The second-order valence-electron chi connectivity index (χ2n) is 23.1. The molecule has 0 spiro atoms. The van der Waals surface area contributed by atoms with E-state index in [2.05, 4.69) is 118 Å². The van der Waals surface area contributed by atoms with Gasteiger partial charge in [-0.3, -0.25) is 14.4 Å². The number of unbranched alkanes of at least 4 members (excludes halogenated alkanes) is 36. The molecule has 0 heterocycles. The van der Waals surface area contributed by atoms with E-state index in [4.69, 9.17) is 14.2 Å². The maximum Gasteiger partial charge on any atom is 0.306 e. The van der Waals surface area contributed by atoms with Gasteiger partial charge in [-0.25, -0.2) is 0 Å². The van der Waals surface area contributed by atoms with Gasteiger partial charge in [0.2, 0.25) is 0 Å². The van der Waals surface area contributed by atoms with Gasteiger partial charge >= 0.3 is 17.9 Å². The first-order valence-electron chi connectivity index (χ1n) is 34.7. The zero-order chi connectivity index (χ0) is 58.5. The van der Waals surface area contributed by atoms with Gasteiger partial charge in [0.15, 0.2) is 6.10 Å². The molecule has 0 aromatic carbocycles. The van der Waals surface area contributed by atoms with Gasteiger partial charge < -0.3 is 14.2 Å². The Kier molecular flexibility index (Phi) is 65.7. The largest absolute Gasteiger partial charge is 0.462 e. The first-order chi connectivity index (χ1) is 40.0. The van der Waals surface area contributed by atoms with Crippen molar-refractivity contribution in [1.29, 1.82) is 0 Å². The molecule has 1 atom stereocenters. The fourth-order valence-electron chi connectivity index (χ4n) is 9.89. The lowest BCUT2D eigenvalue weighted by Gasteiger charge is -2.18. The monoisotopic (exact) mass is 1130 g/mol. The molecular weight excluding hydrogens is 997 g/mol. The highest BCUT2D eigenvalue weighted by molar-refractivity contribution is 5.71. The summed E-state index contributed by atoms with van der Waals surface area (Å²) in [5.41, 5.74) is 0. The minimum Gasteiger partial charge on any atom is -0.462 e. The summed E-state index contributed by atoms with van der Waals surface area (Å²) >= 11 is 0. The normalized spacial score (nSPS) is 12.7. The van der Waals surface area contributed by atoms with Crippen molar-refractivity contribution in [2.75, 3.05) is 13.2 Å². The summed E-state index contributed by atoms with van der Waals surface area (Å²) in [5, 5.41) is 0. The summed E-state index contributed by atoms with van der Waals surface area (Å²) in [4.78, 5) is 38.4. The summed E-state index contributed by atoms with van der Waals surface area (Å²) in [6.45, 7) is 6.55. The van der Waals surface area contributed by atoms with E-state index >= 15 is 0 Å². The maximum absolute atomic E-state index is 12.9. The van der Waals surface area contributed by atoms with Crippen molar-refractivity contribution < 1.29 is 28.6 Å². The lowest BCUT2D eigenvalue weighted by atomic mass is 10.0. The minimum absolute atomic E-state index is 0.0820.